The van der Waals surface area contributed by atoms with Gasteiger partial charge in [-0.05, 0) is 43.5 Å². The summed E-state index contributed by atoms with van der Waals surface area (Å²) in [4.78, 5) is 38.4. The molecule has 0 unspecified atom stereocenters. The third-order valence-electron chi connectivity index (χ3n) is 4.84. The van der Waals surface area contributed by atoms with Crippen molar-refractivity contribution in [1.82, 2.24) is 4.90 Å². The van der Waals surface area contributed by atoms with Crippen molar-refractivity contribution in [1.29, 1.82) is 0 Å². The molecule has 1 fully saturated rings. The minimum atomic E-state index is -0.448. The molecule has 1 aromatic carbocycles. The van der Waals surface area contributed by atoms with Crippen LogP contribution in [-0.2, 0) is 9.53 Å². The number of rotatable bonds is 4. The zero-order valence-electron chi connectivity index (χ0n) is 15.4. The summed E-state index contributed by atoms with van der Waals surface area (Å²) >= 11 is 0. The van der Waals surface area contributed by atoms with Crippen molar-refractivity contribution < 1.29 is 23.5 Å². The highest BCUT2D eigenvalue weighted by atomic mass is 16.5. The number of hydrogen-bond donors (Lipinski definition) is 1. The fourth-order valence-corrected chi connectivity index (χ4v) is 3.15. The average molecular weight is 370 g/mol. The molecule has 0 aliphatic carbocycles. The standard InChI is InChI=1S/C20H22N2O5/c1-13-3-4-15(20(25)26-2)11-17(13)21-18(23)14-5-8-22(9-6-14)19(24)16-7-10-27-12-16/h3-4,7,10-12,14H,5-6,8-9H2,1-2H3,(H,21,23). The summed E-state index contributed by atoms with van der Waals surface area (Å²) < 4.78 is 9.67. The lowest BCUT2D eigenvalue weighted by Crippen LogP contribution is -2.41. The van der Waals surface area contributed by atoms with E-state index in [2.05, 4.69) is 5.32 Å². The molecule has 27 heavy (non-hydrogen) atoms. The van der Waals surface area contributed by atoms with Gasteiger partial charge in [0, 0.05) is 24.7 Å². The van der Waals surface area contributed by atoms with E-state index in [-0.39, 0.29) is 17.7 Å². The number of piperidine rings is 1. The SMILES string of the molecule is COC(=O)c1ccc(C)c(NC(=O)C2CCN(C(=O)c3ccoc3)CC2)c1. The number of carbonyl (C=O) groups is 3. The van der Waals surface area contributed by atoms with Crippen molar-refractivity contribution in [3.05, 3.63) is 53.5 Å². The van der Waals surface area contributed by atoms with Gasteiger partial charge in [-0.2, -0.15) is 0 Å². The van der Waals surface area contributed by atoms with Crippen molar-refractivity contribution in [3.8, 4) is 0 Å². The molecule has 0 spiro atoms. The number of nitrogens with zero attached hydrogens (tertiary/aromatic N) is 1. The molecular formula is C20H22N2O5. The van der Waals surface area contributed by atoms with Gasteiger partial charge in [-0.1, -0.05) is 6.07 Å². The van der Waals surface area contributed by atoms with E-state index in [1.54, 1.807) is 29.2 Å². The first-order valence-corrected chi connectivity index (χ1v) is 8.81. The van der Waals surface area contributed by atoms with E-state index >= 15 is 0 Å². The molecule has 0 bridgehead atoms. The second-order valence-corrected chi connectivity index (χ2v) is 6.59. The van der Waals surface area contributed by atoms with Gasteiger partial charge in [0.05, 0.1) is 24.5 Å². The van der Waals surface area contributed by atoms with E-state index in [4.69, 9.17) is 9.15 Å². The lowest BCUT2D eigenvalue weighted by Gasteiger charge is -2.31. The number of amides is 2. The van der Waals surface area contributed by atoms with Crippen LogP contribution < -0.4 is 5.32 Å². The number of furan rings is 1. The molecular weight excluding hydrogens is 348 g/mol. The molecule has 2 aromatic rings. The fourth-order valence-electron chi connectivity index (χ4n) is 3.15. The first kappa shape index (κ1) is 18.7. The molecule has 1 aliphatic heterocycles. The molecule has 2 amide bonds. The Bertz CT molecular complexity index is 836. The number of esters is 1. The zero-order chi connectivity index (χ0) is 19.4. The molecule has 1 aliphatic rings. The minimum absolute atomic E-state index is 0.0794. The molecule has 3 rings (SSSR count). The minimum Gasteiger partial charge on any atom is -0.472 e. The van der Waals surface area contributed by atoms with Gasteiger partial charge in [0.15, 0.2) is 0 Å². The van der Waals surface area contributed by atoms with Crippen molar-refractivity contribution in [3.63, 3.8) is 0 Å². The molecule has 0 saturated carbocycles. The van der Waals surface area contributed by atoms with Crippen LogP contribution >= 0.6 is 0 Å². The molecule has 0 atom stereocenters. The van der Waals surface area contributed by atoms with Gasteiger partial charge in [-0.25, -0.2) is 4.79 Å². The van der Waals surface area contributed by atoms with E-state index in [0.29, 0.717) is 42.7 Å². The third kappa shape index (κ3) is 4.19. The maximum Gasteiger partial charge on any atom is 0.337 e. The van der Waals surface area contributed by atoms with Crippen molar-refractivity contribution in [2.24, 2.45) is 5.92 Å². The van der Waals surface area contributed by atoms with Crippen molar-refractivity contribution >= 4 is 23.5 Å². The average Bonchev–Trinajstić information content (AvgIpc) is 3.23. The molecule has 7 heteroatoms. The van der Waals surface area contributed by atoms with Gasteiger partial charge in [0.25, 0.3) is 5.91 Å². The lowest BCUT2D eigenvalue weighted by molar-refractivity contribution is -0.121. The Morgan fingerprint density at radius 3 is 2.52 bits per heavy atom. The maximum absolute atomic E-state index is 12.6. The van der Waals surface area contributed by atoms with E-state index in [1.165, 1.54) is 19.6 Å². The zero-order valence-corrected chi connectivity index (χ0v) is 15.4. The molecule has 2 heterocycles. The number of nitrogens with one attached hydrogen (secondary N) is 1. The van der Waals surface area contributed by atoms with Crippen LogP contribution in [0.25, 0.3) is 0 Å². The highest BCUT2D eigenvalue weighted by Gasteiger charge is 2.28. The van der Waals surface area contributed by atoms with Crippen molar-refractivity contribution in [2.75, 3.05) is 25.5 Å². The summed E-state index contributed by atoms with van der Waals surface area (Å²) in [5.41, 5.74) is 2.37. The summed E-state index contributed by atoms with van der Waals surface area (Å²) in [7, 11) is 1.32. The molecule has 7 nitrogen and oxygen atoms in total. The van der Waals surface area contributed by atoms with E-state index in [1.807, 2.05) is 6.92 Å². The Hall–Kier alpha value is -3.09. The summed E-state index contributed by atoms with van der Waals surface area (Å²) in [5.74, 6) is -0.809. The summed E-state index contributed by atoms with van der Waals surface area (Å²) in [5, 5.41) is 2.91. The number of aryl methyl sites for hydroxylation is 1. The van der Waals surface area contributed by atoms with E-state index < -0.39 is 5.97 Å². The molecule has 1 aromatic heterocycles. The summed E-state index contributed by atoms with van der Waals surface area (Å²) in [6.45, 7) is 2.90. The number of hydrogen-bond acceptors (Lipinski definition) is 5. The Kier molecular flexibility index (Phi) is 5.59. The van der Waals surface area contributed by atoms with E-state index in [9.17, 15) is 14.4 Å². The number of methoxy groups -OCH3 is 1. The molecule has 1 saturated heterocycles. The maximum atomic E-state index is 12.6. The van der Waals surface area contributed by atoms with Crippen LogP contribution in [0.2, 0.25) is 0 Å². The normalized spacial score (nSPS) is 14.7. The van der Waals surface area contributed by atoms with Crippen molar-refractivity contribution in [2.45, 2.75) is 19.8 Å². The molecule has 142 valence electrons. The van der Waals surface area contributed by atoms with Gasteiger partial charge < -0.3 is 19.4 Å². The topological polar surface area (TPSA) is 88.9 Å². The first-order chi connectivity index (χ1) is 13.0. The highest BCUT2D eigenvalue weighted by Crippen LogP contribution is 2.23. The van der Waals surface area contributed by atoms with Crippen LogP contribution in [0.1, 0.15) is 39.1 Å². The summed E-state index contributed by atoms with van der Waals surface area (Å²) in [6.07, 6.45) is 4.08. The molecule has 0 radical (unpaired) electrons. The Labute approximate surface area is 157 Å². The van der Waals surface area contributed by atoms with Crippen LogP contribution in [0.4, 0.5) is 5.69 Å². The van der Waals surface area contributed by atoms with Crippen LogP contribution in [0.5, 0.6) is 0 Å². The Morgan fingerprint density at radius 1 is 1.15 bits per heavy atom. The van der Waals surface area contributed by atoms with Crippen LogP contribution in [-0.4, -0.2) is 42.9 Å². The largest absolute Gasteiger partial charge is 0.472 e. The number of ether oxygens (including phenoxy) is 1. The number of likely N-dealkylation sites (tertiary alicyclic amines) is 1. The fraction of sp³-hybridized carbons (Fsp3) is 0.350. The van der Waals surface area contributed by atoms with Gasteiger partial charge in [0.2, 0.25) is 5.91 Å². The first-order valence-electron chi connectivity index (χ1n) is 8.81. The smallest absolute Gasteiger partial charge is 0.337 e. The predicted molar refractivity (Wildman–Crippen MR) is 98.5 cm³/mol. The van der Waals surface area contributed by atoms with Gasteiger partial charge in [-0.3, -0.25) is 9.59 Å². The second kappa shape index (κ2) is 8.07. The van der Waals surface area contributed by atoms with Gasteiger partial charge >= 0.3 is 5.97 Å². The van der Waals surface area contributed by atoms with E-state index in [0.717, 1.165) is 5.56 Å². The third-order valence-corrected chi connectivity index (χ3v) is 4.84. The quantitative estimate of drug-likeness (QED) is 0.836. The predicted octanol–water partition coefficient (Wildman–Crippen LogP) is 2.87. The number of carbonyl (C=O) groups excluding carboxylic acids is 3. The number of anilines is 1. The lowest BCUT2D eigenvalue weighted by atomic mass is 9.95. The monoisotopic (exact) mass is 370 g/mol. The van der Waals surface area contributed by atoms with Crippen LogP contribution in [0.15, 0.2) is 41.2 Å². The second-order valence-electron chi connectivity index (χ2n) is 6.59. The van der Waals surface area contributed by atoms with Gasteiger partial charge in [0.1, 0.15) is 6.26 Å². The van der Waals surface area contributed by atoms with Crippen LogP contribution in [0, 0.1) is 12.8 Å². The Morgan fingerprint density at radius 2 is 1.89 bits per heavy atom. The van der Waals surface area contributed by atoms with Crippen LogP contribution in [0.3, 0.4) is 0 Å². The number of benzene rings is 1. The summed E-state index contributed by atoms with van der Waals surface area (Å²) in [6, 6.07) is 6.69. The Balaban J connectivity index is 1.60. The van der Waals surface area contributed by atoms with Gasteiger partial charge in [-0.15, -0.1) is 0 Å². The molecule has 1 N–H and O–H groups in total. The highest BCUT2D eigenvalue weighted by molar-refractivity contribution is 5.97.